The first-order valence-corrected chi connectivity index (χ1v) is 6.30. The molecule has 1 saturated heterocycles. The molecule has 1 atom stereocenters. The summed E-state index contributed by atoms with van der Waals surface area (Å²) in [4.78, 5) is 25.0. The summed E-state index contributed by atoms with van der Waals surface area (Å²) in [5.41, 5.74) is 0.782. The Morgan fingerprint density at radius 2 is 2.21 bits per heavy atom. The van der Waals surface area contributed by atoms with E-state index in [1.165, 1.54) is 4.90 Å². The summed E-state index contributed by atoms with van der Waals surface area (Å²) in [7, 11) is 1.56. The van der Waals surface area contributed by atoms with E-state index in [0.717, 1.165) is 5.56 Å². The number of piperazine rings is 1. The van der Waals surface area contributed by atoms with Gasteiger partial charge in [-0.3, -0.25) is 9.59 Å². The largest absolute Gasteiger partial charge is 0.496 e. The van der Waals surface area contributed by atoms with Crippen LogP contribution in [0.4, 0.5) is 0 Å². The van der Waals surface area contributed by atoms with Crippen molar-refractivity contribution in [3.63, 3.8) is 0 Å². The van der Waals surface area contributed by atoms with Gasteiger partial charge < -0.3 is 15.0 Å². The number of carbonyl (C=O) groups excluding carboxylic acids is 2. The van der Waals surface area contributed by atoms with Gasteiger partial charge in [0.1, 0.15) is 11.8 Å². The molecule has 1 fully saturated rings. The van der Waals surface area contributed by atoms with E-state index in [1.807, 2.05) is 0 Å². The second-order valence-corrected chi connectivity index (χ2v) is 4.81. The Balaban J connectivity index is 2.26. The van der Waals surface area contributed by atoms with E-state index in [1.54, 1.807) is 32.2 Å². The lowest BCUT2D eigenvalue weighted by atomic mass is 10.1. The first kappa shape index (κ1) is 13.7. The zero-order valence-corrected chi connectivity index (χ0v) is 11.5. The molecule has 1 unspecified atom stereocenters. The van der Waals surface area contributed by atoms with Gasteiger partial charge in [-0.05, 0) is 25.1 Å². The standard InChI is InChI=1S/C13H15ClN2O3/c1-8-13(18)15-6-12(17)16(8)7-9-5-10(14)3-4-11(9)19-2/h3-5,8H,6-7H2,1-2H3,(H,15,18). The molecule has 2 rings (SSSR count). The van der Waals surface area contributed by atoms with E-state index in [9.17, 15) is 9.59 Å². The van der Waals surface area contributed by atoms with Gasteiger partial charge in [0.2, 0.25) is 11.8 Å². The average Bonchev–Trinajstić information content (AvgIpc) is 2.39. The van der Waals surface area contributed by atoms with Crippen molar-refractivity contribution in [3.8, 4) is 5.75 Å². The van der Waals surface area contributed by atoms with Crippen LogP contribution in [0, 0.1) is 0 Å². The van der Waals surface area contributed by atoms with E-state index in [4.69, 9.17) is 16.3 Å². The minimum absolute atomic E-state index is 0.0338. The topological polar surface area (TPSA) is 58.6 Å². The Bertz CT molecular complexity index is 519. The number of rotatable bonds is 3. The second-order valence-electron chi connectivity index (χ2n) is 4.37. The first-order valence-electron chi connectivity index (χ1n) is 5.92. The zero-order valence-electron chi connectivity index (χ0n) is 10.8. The summed E-state index contributed by atoms with van der Waals surface area (Å²) in [5, 5.41) is 3.12. The number of nitrogens with zero attached hydrogens (tertiary/aromatic N) is 1. The lowest BCUT2D eigenvalue weighted by Gasteiger charge is -2.33. The van der Waals surface area contributed by atoms with Crippen molar-refractivity contribution in [1.29, 1.82) is 0 Å². The Kier molecular flexibility index (Phi) is 3.95. The van der Waals surface area contributed by atoms with Crippen LogP contribution in [0.25, 0.3) is 0 Å². The van der Waals surface area contributed by atoms with Crippen molar-refractivity contribution >= 4 is 23.4 Å². The van der Waals surface area contributed by atoms with Crippen molar-refractivity contribution in [2.45, 2.75) is 19.5 Å². The molecule has 1 aliphatic rings. The van der Waals surface area contributed by atoms with Gasteiger partial charge >= 0.3 is 0 Å². The lowest BCUT2D eigenvalue weighted by molar-refractivity contribution is -0.145. The van der Waals surface area contributed by atoms with Gasteiger partial charge in [0.25, 0.3) is 0 Å². The molecular weight excluding hydrogens is 268 g/mol. The molecule has 0 aromatic heterocycles. The van der Waals surface area contributed by atoms with E-state index in [0.29, 0.717) is 17.3 Å². The summed E-state index contributed by atoms with van der Waals surface area (Å²) < 4.78 is 5.24. The van der Waals surface area contributed by atoms with Crippen molar-refractivity contribution in [2.75, 3.05) is 13.7 Å². The van der Waals surface area contributed by atoms with Crippen LogP contribution < -0.4 is 10.1 Å². The van der Waals surface area contributed by atoms with E-state index < -0.39 is 6.04 Å². The number of benzene rings is 1. The van der Waals surface area contributed by atoms with Gasteiger partial charge in [-0.1, -0.05) is 11.6 Å². The van der Waals surface area contributed by atoms with Gasteiger partial charge in [0.05, 0.1) is 20.2 Å². The predicted molar refractivity (Wildman–Crippen MR) is 71.0 cm³/mol. The van der Waals surface area contributed by atoms with Crippen LogP contribution in [0.2, 0.25) is 5.02 Å². The van der Waals surface area contributed by atoms with Crippen LogP contribution in [0.15, 0.2) is 18.2 Å². The highest BCUT2D eigenvalue weighted by Crippen LogP contribution is 2.25. The van der Waals surface area contributed by atoms with E-state index in [2.05, 4.69) is 5.32 Å². The van der Waals surface area contributed by atoms with Crippen molar-refractivity contribution in [2.24, 2.45) is 0 Å². The molecule has 1 aliphatic heterocycles. The molecule has 1 N–H and O–H groups in total. The summed E-state index contributed by atoms with van der Waals surface area (Å²) >= 11 is 5.95. The quantitative estimate of drug-likeness (QED) is 0.906. The highest BCUT2D eigenvalue weighted by Gasteiger charge is 2.31. The summed E-state index contributed by atoms with van der Waals surface area (Å²) in [6.07, 6.45) is 0. The summed E-state index contributed by atoms with van der Waals surface area (Å²) in [6.45, 7) is 2.03. The van der Waals surface area contributed by atoms with E-state index in [-0.39, 0.29) is 18.4 Å². The SMILES string of the molecule is COc1ccc(Cl)cc1CN1C(=O)CNC(=O)C1C. The molecule has 1 aromatic carbocycles. The van der Waals surface area contributed by atoms with Crippen molar-refractivity contribution < 1.29 is 14.3 Å². The monoisotopic (exact) mass is 282 g/mol. The van der Waals surface area contributed by atoms with Gasteiger partial charge in [0.15, 0.2) is 0 Å². The van der Waals surface area contributed by atoms with Crippen LogP contribution in [0.5, 0.6) is 5.75 Å². The number of ether oxygens (including phenoxy) is 1. The molecule has 6 heteroatoms. The van der Waals surface area contributed by atoms with Crippen LogP contribution >= 0.6 is 11.6 Å². The fourth-order valence-electron chi connectivity index (χ4n) is 2.05. The van der Waals surface area contributed by atoms with Crippen LogP contribution in [-0.2, 0) is 16.1 Å². The van der Waals surface area contributed by atoms with Crippen LogP contribution in [0.3, 0.4) is 0 Å². The molecule has 5 nitrogen and oxygen atoms in total. The molecule has 0 spiro atoms. The Morgan fingerprint density at radius 3 is 2.89 bits per heavy atom. The number of hydrogen-bond acceptors (Lipinski definition) is 3. The molecule has 0 bridgehead atoms. The highest BCUT2D eigenvalue weighted by atomic mass is 35.5. The predicted octanol–water partition coefficient (Wildman–Crippen LogP) is 1.20. The van der Waals surface area contributed by atoms with Crippen LogP contribution in [0.1, 0.15) is 12.5 Å². The third kappa shape index (κ3) is 2.81. The van der Waals surface area contributed by atoms with Gasteiger partial charge in [-0.2, -0.15) is 0 Å². The second kappa shape index (κ2) is 5.48. The molecule has 1 aromatic rings. The Morgan fingerprint density at radius 1 is 1.47 bits per heavy atom. The third-order valence-electron chi connectivity index (χ3n) is 3.16. The number of nitrogens with one attached hydrogen (secondary N) is 1. The molecule has 1 heterocycles. The first-order chi connectivity index (χ1) is 9.02. The lowest BCUT2D eigenvalue weighted by Crippen LogP contribution is -2.56. The minimum Gasteiger partial charge on any atom is -0.496 e. The van der Waals surface area contributed by atoms with Gasteiger partial charge in [-0.15, -0.1) is 0 Å². The third-order valence-corrected chi connectivity index (χ3v) is 3.40. The number of methoxy groups -OCH3 is 1. The minimum atomic E-state index is -0.495. The maximum atomic E-state index is 11.9. The fourth-order valence-corrected chi connectivity index (χ4v) is 2.24. The molecule has 0 radical (unpaired) electrons. The molecule has 19 heavy (non-hydrogen) atoms. The Labute approximate surface area is 116 Å². The normalized spacial score (nSPS) is 19.3. The summed E-state index contributed by atoms with van der Waals surface area (Å²) in [5.74, 6) is 0.380. The summed E-state index contributed by atoms with van der Waals surface area (Å²) in [6, 6.07) is 4.71. The fraction of sp³-hybridized carbons (Fsp3) is 0.385. The number of hydrogen-bond donors (Lipinski definition) is 1. The van der Waals surface area contributed by atoms with Crippen molar-refractivity contribution in [3.05, 3.63) is 28.8 Å². The molecule has 0 saturated carbocycles. The van der Waals surface area contributed by atoms with Crippen molar-refractivity contribution in [1.82, 2.24) is 10.2 Å². The molecular formula is C13H15ClN2O3. The zero-order chi connectivity index (χ0) is 14.0. The smallest absolute Gasteiger partial charge is 0.242 e. The Hall–Kier alpha value is -1.75. The van der Waals surface area contributed by atoms with Gasteiger partial charge in [-0.25, -0.2) is 0 Å². The molecule has 0 aliphatic carbocycles. The number of amides is 2. The maximum absolute atomic E-state index is 11.9. The number of halogens is 1. The molecule has 102 valence electrons. The molecule has 2 amide bonds. The van der Waals surface area contributed by atoms with Gasteiger partial charge in [0, 0.05) is 10.6 Å². The average molecular weight is 283 g/mol. The number of carbonyl (C=O) groups is 2. The van der Waals surface area contributed by atoms with E-state index >= 15 is 0 Å². The maximum Gasteiger partial charge on any atom is 0.242 e. The van der Waals surface area contributed by atoms with Crippen LogP contribution in [-0.4, -0.2) is 36.4 Å². The highest BCUT2D eigenvalue weighted by molar-refractivity contribution is 6.30.